The van der Waals surface area contributed by atoms with Crippen molar-refractivity contribution < 1.29 is 5.11 Å². The minimum absolute atomic E-state index is 0.236. The number of aryl methyl sites for hydroxylation is 1. The normalized spacial score (nSPS) is 14.4. The second-order valence-corrected chi connectivity index (χ2v) is 9.09. The third-order valence-corrected chi connectivity index (χ3v) is 7.00. The highest BCUT2D eigenvalue weighted by Gasteiger charge is 2.25. The molecule has 0 radical (unpaired) electrons. The topological polar surface area (TPSA) is 66.5 Å². The predicted octanol–water partition coefficient (Wildman–Crippen LogP) is 4.58. The first kappa shape index (κ1) is 18.5. The van der Waals surface area contributed by atoms with Crippen molar-refractivity contribution >= 4 is 27.2 Å². The quantitative estimate of drug-likeness (QED) is 0.457. The van der Waals surface area contributed by atoms with Crippen molar-refractivity contribution in [3.63, 3.8) is 0 Å². The molecule has 154 valence electrons. The molecule has 31 heavy (non-hydrogen) atoms. The lowest BCUT2D eigenvalue weighted by Gasteiger charge is -2.26. The van der Waals surface area contributed by atoms with Gasteiger partial charge < -0.3 is 5.11 Å². The van der Waals surface area contributed by atoms with Crippen molar-refractivity contribution in [3.05, 3.63) is 76.4 Å². The predicted molar refractivity (Wildman–Crippen MR) is 122 cm³/mol. The molecule has 0 saturated heterocycles. The fraction of sp³-hybridized carbons (Fsp3) is 0.208. The van der Waals surface area contributed by atoms with E-state index in [2.05, 4.69) is 35.2 Å². The fourth-order valence-corrected chi connectivity index (χ4v) is 5.66. The number of thiophene rings is 1. The van der Waals surface area contributed by atoms with Crippen molar-refractivity contribution in [2.24, 2.45) is 0 Å². The van der Waals surface area contributed by atoms with Gasteiger partial charge in [-0.2, -0.15) is 4.52 Å². The average Bonchev–Trinajstić information content (AvgIpc) is 3.36. The number of nitrogens with zero attached hydrogens (tertiary/aromatic N) is 5. The second kappa shape index (κ2) is 7.14. The Morgan fingerprint density at radius 2 is 1.84 bits per heavy atom. The van der Waals surface area contributed by atoms with E-state index in [1.807, 2.05) is 23.6 Å². The van der Waals surface area contributed by atoms with Gasteiger partial charge in [-0.15, -0.1) is 16.4 Å². The van der Waals surface area contributed by atoms with Crippen LogP contribution in [0, 0.1) is 6.92 Å². The van der Waals surface area contributed by atoms with Gasteiger partial charge in [0.2, 0.25) is 0 Å². The number of hydrogen-bond acceptors (Lipinski definition) is 6. The molecule has 0 fully saturated rings. The van der Waals surface area contributed by atoms with Crippen LogP contribution in [-0.2, 0) is 19.5 Å². The Bertz CT molecular complexity index is 1410. The van der Waals surface area contributed by atoms with Crippen LogP contribution in [0.3, 0.4) is 0 Å². The molecule has 1 N–H and O–H groups in total. The van der Waals surface area contributed by atoms with Gasteiger partial charge in [0.25, 0.3) is 0 Å². The molecular weight excluding hydrogens is 406 g/mol. The van der Waals surface area contributed by atoms with Gasteiger partial charge in [0.05, 0.1) is 5.39 Å². The maximum absolute atomic E-state index is 9.59. The summed E-state index contributed by atoms with van der Waals surface area (Å²) in [6.45, 7) is 4.90. The Morgan fingerprint density at radius 1 is 1.03 bits per heavy atom. The van der Waals surface area contributed by atoms with Crippen LogP contribution in [0.25, 0.3) is 27.3 Å². The van der Waals surface area contributed by atoms with Crippen LogP contribution in [0.4, 0.5) is 0 Å². The summed E-state index contributed by atoms with van der Waals surface area (Å²) < 4.78 is 1.86. The standard InChI is InChI=1S/C24H21N5OS/c1-15-25-24-21(23-26-22(27-29(15)23)17-7-9-18(30)10-8-17)19-11-12-28(14-20(19)31-24)13-16-5-3-2-4-6-16/h2-10,30H,11-14H2,1H3. The average molecular weight is 428 g/mol. The van der Waals surface area contributed by atoms with Crippen molar-refractivity contribution in [1.82, 2.24) is 24.5 Å². The van der Waals surface area contributed by atoms with E-state index in [9.17, 15) is 5.11 Å². The molecule has 0 spiro atoms. The van der Waals surface area contributed by atoms with Crippen molar-refractivity contribution in [2.75, 3.05) is 6.54 Å². The van der Waals surface area contributed by atoms with Crippen LogP contribution >= 0.6 is 11.3 Å². The number of phenolic OH excluding ortho intramolecular Hbond substituents is 1. The Balaban J connectivity index is 1.42. The zero-order chi connectivity index (χ0) is 20.9. The van der Waals surface area contributed by atoms with Crippen LogP contribution in [0.15, 0.2) is 54.6 Å². The lowest BCUT2D eigenvalue weighted by Crippen LogP contribution is -2.29. The lowest BCUT2D eigenvalue weighted by atomic mass is 10.0. The Kier molecular flexibility index (Phi) is 4.26. The molecule has 6 rings (SSSR count). The van der Waals surface area contributed by atoms with Crippen molar-refractivity contribution in [2.45, 2.75) is 26.4 Å². The van der Waals surface area contributed by atoms with Gasteiger partial charge in [-0.25, -0.2) is 9.97 Å². The van der Waals surface area contributed by atoms with Crippen LogP contribution in [0.2, 0.25) is 0 Å². The van der Waals surface area contributed by atoms with E-state index in [4.69, 9.17) is 15.1 Å². The summed E-state index contributed by atoms with van der Waals surface area (Å²) in [7, 11) is 0. The van der Waals surface area contributed by atoms with E-state index in [1.54, 1.807) is 23.5 Å². The van der Waals surface area contributed by atoms with E-state index < -0.39 is 0 Å². The SMILES string of the molecule is Cc1nc2sc3c(c2c2nc(-c4ccc(O)cc4)nn12)CCN(Cc1ccccc1)C3. The molecule has 0 saturated carbocycles. The molecule has 0 bridgehead atoms. The first-order chi connectivity index (χ1) is 15.2. The number of rotatable bonds is 3. The molecule has 1 aliphatic heterocycles. The lowest BCUT2D eigenvalue weighted by molar-refractivity contribution is 0.249. The summed E-state index contributed by atoms with van der Waals surface area (Å²) in [6.07, 6.45) is 0.990. The molecular formula is C24H21N5OS. The summed E-state index contributed by atoms with van der Waals surface area (Å²) in [5.41, 5.74) is 4.47. The first-order valence-corrected chi connectivity index (χ1v) is 11.2. The smallest absolute Gasteiger partial charge is 0.182 e. The van der Waals surface area contributed by atoms with E-state index >= 15 is 0 Å². The van der Waals surface area contributed by atoms with E-state index in [-0.39, 0.29) is 5.75 Å². The molecule has 4 heterocycles. The van der Waals surface area contributed by atoms with E-state index in [0.717, 1.165) is 53.3 Å². The van der Waals surface area contributed by atoms with Gasteiger partial charge >= 0.3 is 0 Å². The second-order valence-electron chi connectivity index (χ2n) is 8.01. The monoisotopic (exact) mass is 427 g/mol. The van der Waals surface area contributed by atoms with Crippen LogP contribution in [0.5, 0.6) is 5.75 Å². The summed E-state index contributed by atoms with van der Waals surface area (Å²) in [6, 6.07) is 17.7. The maximum Gasteiger partial charge on any atom is 0.182 e. The summed E-state index contributed by atoms with van der Waals surface area (Å²) in [4.78, 5) is 14.7. The summed E-state index contributed by atoms with van der Waals surface area (Å²) >= 11 is 1.78. The van der Waals surface area contributed by atoms with E-state index in [0.29, 0.717) is 5.82 Å². The molecule has 0 unspecified atom stereocenters. The minimum atomic E-state index is 0.236. The molecule has 5 aromatic rings. The first-order valence-electron chi connectivity index (χ1n) is 10.4. The highest BCUT2D eigenvalue weighted by Crippen LogP contribution is 2.37. The van der Waals surface area contributed by atoms with Gasteiger partial charge in [0.15, 0.2) is 11.5 Å². The Labute approximate surface area is 183 Å². The number of phenols is 1. The van der Waals surface area contributed by atoms with Gasteiger partial charge in [-0.05, 0) is 48.7 Å². The third kappa shape index (κ3) is 3.17. The number of aromatic nitrogens is 4. The van der Waals surface area contributed by atoms with Crippen molar-refractivity contribution in [1.29, 1.82) is 0 Å². The van der Waals surface area contributed by atoms with Crippen LogP contribution in [-0.4, -0.2) is 36.1 Å². The van der Waals surface area contributed by atoms with Crippen LogP contribution < -0.4 is 0 Å². The summed E-state index contributed by atoms with van der Waals surface area (Å²) in [5.74, 6) is 1.72. The van der Waals surface area contributed by atoms with Crippen LogP contribution in [0.1, 0.15) is 21.8 Å². The molecule has 0 aliphatic carbocycles. The number of aromatic hydroxyl groups is 1. The number of fused-ring (bicyclic) bond motifs is 5. The van der Waals surface area contributed by atoms with Gasteiger partial charge in [0.1, 0.15) is 16.4 Å². The Morgan fingerprint density at radius 3 is 2.65 bits per heavy atom. The fourth-order valence-electron chi connectivity index (χ4n) is 4.35. The number of hydrogen-bond donors (Lipinski definition) is 1. The molecule has 0 atom stereocenters. The zero-order valence-corrected chi connectivity index (χ0v) is 17.9. The van der Waals surface area contributed by atoms with Gasteiger partial charge in [0, 0.05) is 30.1 Å². The zero-order valence-electron chi connectivity index (χ0n) is 17.1. The third-order valence-electron chi connectivity index (χ3n) is 5.89. The van der Waals surface area contributed by atoms with Gasteiger partial charge in [-0.1, -0.05) is 30.3 Å². The van der Waals surface area contributed by atoms with Crippen molar-refractivity contribution in [3.8, 4) is 17.1 Å². The molecule has 0 amide bonds. The highest BCUT2D eigenvalue weighted by atomic mass is 32.1. The largest absolute Gasteiger partial charge is 0.508 e. The highest BCUT2D eigenvalue weighted by molar-refractivity contribution is 7.19. The number of benzene rings is 2. The molecule has 6 nitrogen and oxygen atoms in total. The molecule has 2 aromatic carbocycles. The van der Waals surface area contributed by atoms with Gasteiger partial charge in [-0.3, -0.25) is 4.90 Å². The Hall–Kier alpha value is -3.29. The van der Waals surface area contributed by atoms with E-state index in [1.165, 1.54) is 16.0 Å². The molecule has 7 heteroatoms. The molecule has 3 aromatic heterocycles. The molecule has 1 aliphatic rings. The summed E-state index contributed by atoms with van der Waals surface area (Å²) in [5, 5.41) is 15.4. The minimum Gasteiger partial charge on any atom is -0.508 e. The maximum atomic E-state index is 9.59.